The Morgan fingerprint density at radius 3 is 2.00 bits per heavy atom. The van der Waals surface area contributed by atoms with Gasteiger partial charge in [-0.2, -0.15) is 0 Å². The summed E-state index contributed by atoms with van der Waals surface area (Å²) in [6.07, 6.45) is -0.324. The minimum absolute atomic E-state index is 0.324. The average molecular weight is 150 g/mol. The number of aliphatic hydroxyl groups is 1. The summed E-state index contributed by atoms with van der Waals surface area (Å²) >= 11 is 0. The molecule has 0 heterocycles. The summed E-state index contributed by atoms with van der Waals surface area (Å²) < 4.78 is 21.4. The van der Waals surface area contributed by atoms with Gasteiger partial charge in [0, 0.05) is 7.11 Å². The molecule has 0 aromatic carbocycles. The van der Waals surface area contributed by atoms with Gasteiger partial charge >= 0.3 is 9.29 Å². The Balaban J connectivity index is 0. The van der Waals surface area contributed by atoms with Crippen LogP contribution < -0.4 is 0 Å². The highest BCUT2D eigenvalue weighted by Crippen LogP contribution is 1.75. The van der Waals surface area contributed by atoms with Gasteiger partial charge in [0.1, 0.15) is 0 Å². The van der Waals surface area contributed by atoms with E-state index in [0.29, 0.717) is 6.61 Å². The highest BCUT2D eigenvalue weighted by atomic mass is 28.2. The van der Waals surface area contributed by atoms with Gasteiger partial charge in [-0.15, -0.1) is 0 Å². The van der Waals surface area contributed by atoms with E-state index >= 15 is 0 Å². The first-order chi connectivity index (χ1) is 4.18. The second-order valence-electron chi connectivity index (χ2n) is 1.39. The van der Waals surface area contributed by atoms with E-state index in [0.717, 1.165) is 0 Å². The highest BCUT2D eigenvalue weighted by Gasteiger charge is 1.87. The molecule has 0 aliphatic carbocycles. The third kappa shape index (κ3) is 34.0. The third-order valence-corrected chi connectivity index (χ3v) is 0.408. The Morgan fingerprint density at radius 1 is 1.67 bits per heavy atom. The molecule has 0 amide bonds. The zero-order valence-electron chi connectivity index (χ0n) is 5.46. The van der Waals surface area contributed by atoms with Crippen LogP contribution in [0.15, 0.2) is 0 Å². The van der Waals surface area contributed by atoms with Crippen LogP contribution in [-0.4, -0.2) is 34.2 Å². The molecule has 1 atom stereocenters. The van der Waals surface area contributed by atoms with Crippen molar-refractivity contribution < 1.29 is 18.8 Å². The molecule has 0 rings (SSSR count). The van der Waals surface area contributed by atoms with Gasteiger partial charge in [-0.3, -0.25) is 8.92 Å². The summed E-state index contributed by atoms with van der Waals surface area (Å²) in [5, 5.41) is 8.43. The maximum Gasteiger partial charge on any atom is 0.549 e. The van der Waals surface area contributed by atoms with Crippen LogP contribution >= 0.6 is 0 Å². The molecule has 5 heteroatoms. The smallest absolute Gasteiger partial charge is 0.391 e. The number of hydrogen-bond acceptors (Lipinski definition) is 4. The van der Waals surface area contributed by atoms with E-state index < -0.39 is 9.29 Å². The third-order valence-electron chi connectivity index (χ3n) is 0.408. The monoisotopic (exact) mass is 150 g/mol. The van der Waals surface area contributed by atoms with Gasteiger partial charge in [-0.05, 0) is 6.92 Å². The zero-order chi connectivity index (χ0) is 7.70. The minimum Gasteiger partial charge on any atom is -0.391 e. The van der Waals surface area contributed by atoms with Gasteiger partial charge in [0.05, 0.1) is 12.7 Å². The average Bonchev–Trinajstić information content (AvgIpc) is 1.67. The van der Waals surface area contributed by atoms with E-state index in [9.17, 15) is 0 Å². The van der Waals surface area contributed by atoms with E-state index in [1.54, 1.807) is 14.0 Å². The predicted molar refractivity (Wildman–Crippen MR) is 30.7 cm³/mol. The van der Waals surface area contributed by atoms with Crippen molar-refractivity contribution in [1.82, 2.24) is 0 Å². The predicted octanol–water partition coefficient (Wildman–Crippen LogP) is -0.605. The van der Waals surface area contributed by atoms with E-state index in [1.807, 2.05) is 0 Å². The van der Waals surface area contributed by atoms with Gasteiger partial charge in [0.25, 0.3) is 0 Å². The molecule has 54 valence electrons. The molecule has 0 saturated heterocycles. The summed E-state index contributed by atoms with van der Waals surface area (Å²) in [7, 11) is 0.146. The molecule has 0 aliphatic rings. The summed E-state index contributed by atoms with van der Waals surface area (Å²) in [4.78, 5) is 0. The number of hydrogen-bond donors (Lipinski definition) is 1. The normalized spacial score (nSPS) is 10.6. The SMILES string of the molecule is COCC(C)O.O=[Si]=O. The molecular formula is C4H10O4Si. The van der Waals surface area contributed by atoms with Crippen LogP contribution in [0.3, 0.4) is 0 Å². The van der Waals surface area contributed by atoms with E-state index in [-0.39, 0.29) is 6.10 Å². The topological polar surface area (TPSA) is 63.6 Å². The lowest BCUT2D eigenvalue weighted by Gasteiger charge is -1.97. The Bertz CT molecular complexity index is 76.6. The van der Waals surface area contributed by atoms with Crippen molar-refractivity contribution in [2.45, 2.75) is 13.0 Å². The van der Waals surface area contributed by atoms with Crippen molar-refractivity contribution in [3.63, 3.8) is 0 Å². The van der Waals surface area contributed by atoms with Crippen LogP contribution in [0.1, 0.15) is 6.92 Å². The number of methoxy groups -OCH3 is 1. The second-order valence-corrected chi connectivity index (χ2v) is 1.55. The summed E-state index contributed by atoms with van der Waals surface area (Å²) in [5.41, 5.74) is 0. The molecule has 0 fully saturated rings. The molecule has 1 N–H and O–H groups in total. The van der Waals surface area contributed by atoms with Gasteiger partial charge in [0.2, 0.25) is 0 Å². The van der Waals surface area contributed by atoms with Crippen molar-refractivity contribution in [3.8, 4) is 0 Å². The van der Waals surface area contributed by atoms with Crippen LogP contribution in [0.4, 0.5) is 0 Å². The van der Waals surface area contributed by atoms with Crippen LogP contribution in [0.2, 0.25) is 0 Å². The standard InChI is InChI=1S/C4H10O2.O2Si/c1-4(5)3-6-2;1-3-2/h4-5H,3H2,1-2H3;. The van der Waals surface area contributed by atoms with Crippen LogP contribution in [0, 0.1) is 0 Å². The lowest BCUT2D eigenvalue weighted by atomic mass is 10.5. The fourth-order valence-corrected chi connectivity index (χ4v) is 0.241. The van der Waals surface area contributed by atoms with Crippen molar-refractivity contribution in [2.24, 2.45) is 0 Å². The first-order valence-corrected chi connectivity index (χ1v) is 3.17. The van der Waals surface area contributed by atoms with Crippen molar-refractivity contribution in [1.29, 1.82) is 0 Å². The Kier molecular flexibility index (Phi) is 13.7. The fraction of sp³-hybridized carbons (Fsp3) is 1.00. The lowest BCUT2D eigenvalue weighted by molar-refractivity contribution is 0.0765. The first kappa shape index (κ1) is 11.5. The van der Waals surface area contributed by atoms with Crippen LogP contribution in [0.25, 0.3) is 0 Å². The summed E-state index contributed by atoms with van der Waals surface area (Å²) in [5.74, 6) is 0. The molecule has 0 bridgehead atoms. The van der Waals surface area contributed by atoms with Gasteiger partial charge < -0.3 is 9.84 Å². The largest absolute Gasteiger partial charge is 0.549 e. The molecule has 0 aromatic rings. The Hall–Kier alpha value is -0.263. The number of rotatable bonds is 2. The molecule has 0 radical (unpaired) electrons. The van der Waals surface area contributed by atoms with Gasteiger partial charge in [-0.25, -0.2) is 0 Å². The quantitative estimate of drug-likeness (QED) is 0.534. The first-order valence-electron chi connectivity index (χ1n) is 2.35. The highest BCUT2D eigenvalue weighted by molar-refractivity contribution is 5.94. The fourth-order valence-electron chi connectivity index (χ4n) is 0.241. The second kappa shape index (κ2) is 10.7. The van der Waals surface area contributed by atoms with E-state index in [4.69, 9.17) is 14.0 Å². The van der Waals surface area contributed by atoms with E-state index in [2.05, 4.69) is 4.74 Å². The zero-order valence-corrected chi connectivity index (χ0v) is 6.46. The maximum absolute atomic E-state index is 8.43. The molecule has 0 aromatic heterocycles. The molecular weight excluding hydrogens is 140 g/mol. The number of aliphatic hydroxyl groups excluding tert-OH is 1. The van der Waals surface area contributed by atoms with Gasteiger partial charge in [-0.1, -0.05) is 0 Å². The van der Waals surface area contributed by atoms with Crippen molar-refractivity contribution >= 4 is 9.29 Å². The molecule has 0 spiro atoms. The molecule has 9 heavy (non-hydrogen) atoms. The lowest BCUT2D eigenvalue weighted by Crippen LogP contribution is -2.07. The Labute approximate surface area is 55.8 Å². The summed E-state index contributed by atoms with van der Waals surface area (Å²) in [6.45, 7) is 2.11. The van der Waals surface area contributed by atoms with Crippen molar-refractivity contribution in [3.05, 3.63) is 0 Å². The summed E-state index contributed by atoms with van der Waals surface area (Å²) in [6, 6.07) is 0. The minimum atomic E-state index is -1.42. The van der Waals surface area contributed by atoms with Gasteiger partial charge in [0.15, 0.2) is 0 Å². The van der Waals surface area contributed by atoms with Crippen LogP contribution in [0.5, 0.6) is 0 Å². The number of ether oxygens (including phenoxy) is 1. The molecule has 0 saturated carbocycles. The Morgan fingerprint density at radius 2 is 2.00 bits per heavy atom. The molecule has 1 unspecified atom stereocenters. The van der Waals surface area contributed by atoms with Crippen molar-refractivity contribution in [2.75, 3.05) is 13.7 Å². The maximum atomic E-state index is 8.43. The molecule has 0 aliphatic heterocycles. The van der Waals surface area contributed by atoms with Crippen LogP contribution in [-0.2, 0) is 13.7 Å². The van der Waals surface area contributed by atoms with E-state index in [1.165, 1.54) is 0 Å². The molecule has 4 nitrogen and oxygen atoms in total.